The second-order valence-corrected chi connectivity index (χ2v) is 8.41. The first-order valence-electron chi connectivity index (χ1n) is 10.8. The number of benzene rings is 1. The SMILES string of the molecule is CCOC(=O)c1cccnc1N1CCN(C2CN(C(=O)c3ccc(Cl)cc3)CC2O)CC1. The van der Waals surface area contributed by atoms with Crippen molar-refractivity contribution in [3.8, 4) is 0 Å². The maximum absolute atomic E-state index is 12.8. The van der Waals surface area contributed by atoms with Gasteiger partial charge in [0.1, 0.15) is 11.4 Å². The number of aromatic nitrogens is 1. The summed E-state index contributed by atoms with van der Waals surface area (Å²) >= 11 is 5.92. The molecule has 2 aliphatic heterocycles. The zero-order valence-electron chi connectivity index (χ0n) is 18.0. The highest BCUT2D eigenvalue weighted by Gasteiger charge is 2.39. The number of aliphatic hydroxyl groups is 1. The molecule has 0 radical (unpaired) electrons. The monoisotopic (exact) mass is 458 g/mol. The third-order valence-corrected chi connectivity index (χ3v) is 6.25. The number of pyridine rings is 1. The molecule has 1 aromatic heterocycles. The predicted octanol–water partition coefficient (Wildman–Crippen LogP) is 1.92. The summed E-state index contributed by atoms with van der Waals surface area (Å²) < 4.78 is 5.16. The highest BCUT2D eigenvalue weighted by atomic mass is 35.5. The Morgan fingerprint density at radius 2 is 1.84 bits per heavy atom. The number of amides is 1. The van der Waals surface area contributed by atoms with Crippen molar-refractivity contribution >= 4 is 29.3 Å². The number of rotatable bonds is 5. The molecule has 2 unspecified atom stereocenters. The normalized spacial score (nSPS) is 21.6. The highest BCUT2D eigenvalue weighted by Crippen LogP contribution is 2.24. The molecule has 2 aromatic rings. The van der Waals surface area contributed by atoms with Gasteiger partial charge in [0, 0.05) is 56.1 Å². The summed E-state index contributed by atoms with van der Waals surface area (Å²) in [6, 6.07) is 10.1. The first-order chi connectivity index (χ1) is 15.5. The average Bonchev–Trinajstić information content (AvgIpc) is 3.21. The minimum atomic E-state index is -0.609. The van der Waals surface area contributed by atoms with Crippen molar-refractivity contribution < 1.29 is 19.4 Å². The van der Waals surface area contributed by atoms with Gasteiger partial charge in [0.2, 0.25) is 0 Å². The van der Waals surface area contributed by atoms with Crippen LogP contribution in [0.1, 0.15) is 27.6 Å². The molecule has 0 aliphatic carbocycles. The number of anilines is 1. The molecule has 0 spiro atoms. The number of hydrogen-bond donors (Lipinski definition) is 1. The van der Waals surface area contributed by atoms with Gasteiger partial charge in [-0.05, 0) is 43.3 Å². The van der Waals surface area contributed by atoms with E-state index >= 15 is 0 Å². The summed E-state index contributed by atoms with van der Waals surface area (Å²) in [6.07, 6.45) is 1.06. The lowest BCUT2D eigenvalue weighted by atomic mass is 10.1. The molecule has 2 atom stereocenters. The second-order valence-electron chi connectivity index (χ2n) is 7.97. The van der Waals surface area contributed by atoms with Crippen molar-refractivity contribution in [2.75, 3.05) is 50.8 Å². The zero-order valence-corrected chi connectivity index (χ0v) is 18.7. The van der Waals surface area contributed by atoms with Gasteiger partial charge < -0.3 is 19.6 Å². The molecule has 8 nitrogen and oxygen atoms in total. The third kappa shape index (κ3) is 4.72. The van der Waals surface area contributed by atoms with E-state index in [1.54, 1.807) is 54.4 Å². The Hall–Kier alpha value is -2.68. The third-order valence-electron chi connectivity index (χ3n) is 6.00. The Balaban J connectivity index is 1.38. The quantitative estimate of drug-likeness (QED) is 0.685. The van der Waals surface area contributed by atoms with Crippen LogP contribution in [-0.2, 0) is 4.74 Å². The number of hydrogen-bond acceptors (Lipinski definition) is 7. The van der Waals surface area contributed by atoms with Gasteiger partial charge in [-0.1, -0.05) is 11.6 Å². The van der Waals surface area contributed by atoms with Gasteiger partial charge in [-0.3, -0.25) is 9.69 Å². The van der Waals surface area contributed by atoms with E-state index < -0.39 is 6.10 Å². The Kier molecular flexibility index (Phi) is 6.93. The fourth-order valence-electron chi connectivity index (χ4n) is 4.35. The zero-order chi connectivity index (χ0) is 22.7. The van der Waals surface area contributed by atoms with E-state index in [1.807, 2.05) is 0 Å². The summed E-state index contributed by atoms with van der Waals surface area (Å²) in [5, 5.41) is 11.2. The Bertz CT molecular complexity index is 963. The molecule has 0 bridgehead atoms. The first kappa shape index (κ1) is 22.5. The van der Waals surface area contributed by atoms with Crippen molar-refractivity contribution in [1.29, 1.82) is 0 Å². The van der Waals surface area contributed by atoms with Crippen LogP contribution in [0.5, 0.6) is 0 Å². The van der Waals surface area contributed by atoms with Crippen LogP contribution in [0, 0.1) is 0 Å². The number of piperazine rings is 1. The van der Waals surface area contributed by atoms with Crippen LogP contribution >= 0.6 is 11.6 Å². The Morgan fingerprint density at radius 1 is 1.12 bits per heavy atom. The molecule has 1 amide bonds. The number of esters is 1. The fourth-order valence-corrected chi connectivity index (χ4v) is 4.48. The number of halogens is 1. The Morgan fingerprint density at radius 3 is 2.53 bits per heavy atom. The van der Waals surface area contributed by atoms with E-state index in [1.165, 1.54) is 0 Å². The van der Waals surface area contributed by atoms with Crippen molar-refractivity contribution in [3.05, 3.63) is 58.7 Å². The van der Waals surface area contributed by atoms with Crippen LogP contribution in [0.3, 0.4) is 0 Å². The van der Waals surface area contributed by atoms with Gasteiger partial charge in [0.05, 0.1) is 18.8 Å². The lowest BCUT2D eigenvalue weighted by molar-refractivity contribution is 0.0526. The predicted molar refractivity (Wildman–Crippen MR) is 121 cm³/mol. The molecular weight excluding hydrogens is 432 g/mol. The first-order valence-corrected chi connectivity index (χ1v) is 11.2. The fraction of sp³-hybridized carbons (Fsp3) is 0.435. The van der Waals surface area contributed by atoms with Crippen LogP contribution in [-0.4, -0.2) is 89.8 Å². The summed E-state index contributed by atoms with van der Waals surface area (Å²) in [7, 11) is 0. The summed E-state index contributed by atoms with van der Waals surface area (Å²) in [5.41, 5.74) is 1.03. The van der Waals surface area contributed by atoms with Gasteiger partial charge in [-0.25, -0.2) is 9.78 Å². The molecule has 2 fully saturated rings. The van der Waals surface area contributed by atoms with Crippen LogP contribution in [0.4, 0.5) is 5.82 Å². The molecule has 1 aromatic carbocycles. The van der Waals surface area contributed by atoms with E-state index in [0.29, 0.717) is 67.8 Å². The number of likely N-dealkylation sites (tertiary alicyclic amines) is 1. The maximum Gasteiger partial charge on any atom is 0.341 e. The number of carbonyl (C=O) groups excluding carboxylic acids is 2. The van der Waals surface area contributed by atoms with Crippen LogP contribution in [0.2, 0.25) is 5.02 Å². The van der Waals surface area contributed by atoms with E-state index in [2.05, 4.69) is 14.8 Å². The van der Waals surface area contributed by atoms with Crippen molar-refractivity contribution in [2.45, 2.75) is 19.1 Å². The minimum absolute atomic E-state index is 0.102. The van der Waals surface area contributed by atoms with Gasteiger partial charge in [0.15, 0.2) is 0 Å². The van der Waals surface area contributed by atoms with Gasteiger partial charge in [-0.2, -0.15) is 0 Å². The molecule has 1 N–H and O–H groups in total. The number of nitrogens with zero attached hydrogens (tertiary/aromatic N) is 4. The topological polar surface area (TPSA) is 86.2 Å². The largest absolute Gasteiger partial charge is 0.462 e. The summed E-state index contributed by atoms with van der Waals surface area (Å²) in [4.78, 5) is 35.5. The lowest BCUT2D eigenvalue weighted by Crippen LogP contribution is -2.54. The Labute approximate surface area is 192 Å². The maximum atomic E-state index is 12.8. The molecule has 2 aliphatic rings. The van der Waals surface area contributed by atoms with Gasteiger partial charge in [-0.15, -0.1) is 0 Å². The van der Waals surface area contributed by atoms with Crippen molar-refractivity contribution in [2.24, 2.45) is 0 Å². The van der Waals surface area contributed by atoms with Crippen molar-refractivity contribution in [3.63, 3.8) is 0 Å². The van der Waals surface area contributed by atoms with E-state index in [9.17, 15) is 14.7 Å². The number of β-amino-alcohol motifs (C(OH)–C–C–N with tert-alkyl or cyclic N) is 1. The van der Waals surface area contributed by atoms with E-state index in [4.69, 9.17) is 16.3 Å². The second kappa shape index (κ2) is 9.85. The lowest BCUT2D eigenvalue weighted by Gasteiger charge is -2.39. The van der Waals surface area contributed by atoms with Gasteiger partial charge >= 0.3 is 5.97 Å². The smallest absolute Gasteiger partial charge is 0.341 e. The number of ether oxygens (including phenoxy) is 1. The number of aliphatic hydroxyl groups excluding tert-OH is 1. The van der Waals surface area contributed by atoms with Gasteiger partial charge in [0.25, 0.3) is 5.91 Å². The van der Waals surface area contributed by atoms with E-state index in [0.717, 1.165) is 0 Å². The molecule has 9 heteroatoms. The molecule has 2 saturated heterocycles. The minimum Gasteiger partial charge on any atom is -0.462 e. The van der Waals surface area contributed by atoms with Crippen LogP contribution in [0.25, 0.3) is 0 Å². The molecule has 170 valence electrons. The molecule has 4 rings (SSSR count). The number of carbonyl (C=O) groups is 2. The van der Waals surface area contributed by atoms with Crippen molar-refractivity contribution in [1.82, 2.24) is 14.8 Å². The summed E-state index contributed by atoms with van der Waals surface area (Å²) in [5.74, 6) is 0.145. The highest BCUT2D eigenvalue weighted by molar-refractivity contribution is 6.30. The summed E-state index contributed by atoms with van der Waals surface area (Å²) in [6.45, 7) is 5.59. The average molecular weight is 459 g/mol. The molecule has 0 saturated carbocycles. The standard InChI is InChI=1S/C23H27ClN4O4/c1-2-32-23(31)18-4-3-9-25-21(18)27-12-10-26(11-13-27)19-14-28(15-20(19)29)22(30)16-5-7-17(24)8-6-16/h3-9,19-20,29H,2,10-15H2,1H3. The van der Waals surface area contributed by atoms with Crippen LogP contribution in [0.15, 0.2) is 42.6 Å². The molecular formula is C23H27ClN4O4. The molecule has 3 heterocycles. The van der Waals surface area contributed by atoms with Crippen LogP contribution < -0.4 is 4.90 Å². The molecule has 32 heavy (non-hydrogen) atoms. The van der Waals surface area contributed by atoms with E-state index in [-0.39, 0.29) is 17.9 Å².